The summed E-state index contributed by atoms with van der Waals surface area (Å²) >= 11 is 0. The van der Waals surface area contributed by atoms with E-state index in [4.69, 9.17) is 0 Å². The second-order valence-electron chi connectivity index (χ2n) is 3.93. The Balaban J connectivity index is 2.08. The lowest BCUT2D eigenvalue weighted by molar-refractivity contribution is 0.0946. The molecule has 100 valence electrons. The molecule has 0 aliphatic heterocycles. The van der Waals surface area contributed by atoms with Crippen LogP contribution in [0.4, 0.5) is 10.2 Å². The smallest absolute Gasteiger partial charge is 0.254 e. The van der Waals surface area contributed by atoms with Crippen molar-refractivity contribution in [3.05, 3.63) is 41.6 Å². The molecule has 0 bridgehead atoms. The zero-order valence-electron chi connectivity index (χ0n) is 10.6. The molecule has 0 aliphatic rings. The van der Waals surface area contributed by atoms with Crippen LogP contribution in [0.1, 0.15) is 16.1 Å². The molecule has 0 unspecified atom stereocenters. The minimum atomic E-state index is -0.663. The predicted molar refractivity (Wildman–Crippen MR) is 68.1 cm³/mol. The van der Waals surface area contributed by atoms with Crippen molar-refractivity contribution >= 4 is 11.7 Å². The van der Waals surface area contributed by atoms with E-state index >= 15 is 0 Å². The van der Waals surface area contributed by atoms with Crippen LogP contribution in [0.25, 0.3) is 0 Å². The van der Waals surface area contributed by atoms with Gasteiger partial charge in [0.25, 0.3) is 5.91 Å². The molecule has 19 heavy (non-hydrogen) atoms. The molecule has 2 heterocycles. The summed E-state index contributed by atoms with van der Waals surface area (Å²) < 4.78 is 15.5. The molecule has 0 radical (unpaired) electrons. The number of hydrogen-bond acceptors (Lipinski definition) is 4. The average Bonchev–Trinajstić information content (AvgIpc) is 2.82. The summed E-state index contributed by atoms with van der Waals surface area (Å²) in [4.78, 5) is 15.7. The van der Waals surface area contributed by atoms with Gasteiger partial charge in [0.15, 0.2) is 11.6 Å². The summed E-state index contributed by atoms with van der Waals surface area (Å²) in [5.74, 6) is -1.11. The van der Waals surface area contributed by atoms with Gasteiger partial charge in [-0.25, -0.2) is 9.37 Å². The van der Waals surface area contributed by atoms with E-state index in [0.29, 0.717) is 5.69 Å². The first-order valence-corrected chi connectivity index (χ1v) is 5.71. The standard InChI is InChI=1S/C12H14FN5O/c1-14-11-10(13)9(3-5-15-11)12(19)16-7-8-4-6-18(2)17-8/h3-6H,7H2,1-2H3,(H,14,15)(H,16,19). The molecule has 7 heteroatoms. The fourth-order valence-corrected chi connectivity index (χ4v) is 1.62. The van der Waals surface area contributed by atoms with Gasteiger partial charge in [-0.05, 0) is 12.1 Å². The maximum atomic E-state index is 13.8. The Morgan fingerprint density at radius 2 is 2.26 bits per heavy atom. The number of carbonyl (C=O) groups excluding carboxylic acids is 1. The summed E-state index contributed by atoms with van der Waals surface area (Å²) in [6.45, 7) is 0.246. The number of rotatable bonds is 4. The third kappa shape index (κ3) is 2.87. The van der Waals surface area contributed by atoms with Gasteiger partial charge >= 0.3 is 0 Å². The molecule has 2 rings (SSSR count). The van der Waals surface area contributed by atoms with E-state index in [9.17, 15) is 9.18 Å². The van der Waals surface area contributed by atoms with Crippen LogP contribution in [0.5, 0.6) is 0 Å². The van der Waals surface area contributed by atoms with Crippen LogP contribution in [-0.2, 0) is 13.6 Å². The molecule has 2 N–H and O–H groups in total. The summed E-state index contributed by atoms with van der Waals surface area (Å²) in [5, 5.41) is 9.31. The van der Waals surface area contributed by atoms with E-state index < -0.39 is 11.7 Å². The molecule has 0 fully saturated rings. The molecule has 0 saturated heterocycles. The number of pyridine rings is 1. The number of hydrogen-bond donors (Lipinski definition) is 2. The number of aryl methyl sites for hydroxylation is 1. The van der Waals surface area contributed by atoms with Crippen LogP contribution in [0.15, 0.2) is 24.5 Å². The first-order chi connectivity index (χ1) is 9.11. The predicted octanol–water partition coefficient (Wildman–Crippen LogP) is 0.926. The second kappa shape index (κ2) is 5.47. The van der Waals surface area contributed by atoms with Gasteiger partial charge in [-0.2, -0.15) is 5.10 Å². The van der Waals surface area contributed by atoms with Crippen molar-refractivity contribution in [2.24, 2.45) is 7.05 Å². The Labute approximate surface area is 109 Å². The van der Waals surface area contributed by atoms with E-state index in [1.807, 2.05) is 0 Å². The highest BCUT2D eigenvalue weighted by Crippen LogP contribution is 2.14. The number of aromatic nitrogens is 3. The third-order valence-corrected chi connectivity index (χ3v) is 2.57. The first kappa shape index (κ1) is 13.0. The average molecular weight is 263 g/mol. The zero-order chi connectivity index (χ0) is 13.8. The van der Waals surface area contributed by atoms with Crippen molar-refractivity contribution in [3.8, 4) is 0 Å². The highest BCUT2D eigenvalue weighted by Gasteiger charge is 2.15. The van der Waals surface area contributed by atoms with E-state index in [2.05, 4.69) is 20.7 Å². The van der Waals surface area contributed by atoms with E-state index in [-0.39, 0.29) is 17.9 Å². The van der Waals surface area contributed by atoms with Crippen molar-refractivity contribution in [1.29, 1.82) is 0 Å². The lowest BCUT2D eigenvalue weighted by Crippen LogP contribution is -2.24. The lowest BCUT2D eigenvalue weighted by Gasteiger charge is -2.07. The number of nitrogens with one attached hydrogen (secondary N) is 2. The van der Waals surface area contributed by atoms with Crippen LogP contribution < -0.4 is 10.6 Å². The normalized spacial score (nSPS) is 10.3. The number of carbonyl (C=O) groups is 1. The third-order valence-electron chi connectivity index (χ3n) is 2.57. The molecule has 0 saturated carbocycles. The van der Waals surface area contributed by atoms with Gasteiger partial charge in [-0.3, -0.25) is 9.48 Å². The van der Waals surface area contributed by atoms with Gasteiger partial charge in [0.1, 0.15) is 0 Å². The topological polar surface area (TPSA) is 71.8 Å². The van der Waals surface area contributed by atoms with E-state index in [1.165, 1.54) is 12.3 Å². The molecule has 1 amide bonds. The minimum absolute atomic E-state index is 0.0460. The largest absolute Gasteiger partial charge is 0.371 e. The van der Waals surface area contributed by atoms with Gasteiger partial charge in [0, 0.05) is 26.5 Å². The van der Waals surface area contributed by atoms with Crippen molar-refractivity contribution in [3.63, 3.8) is 0 Å². The Morgan fingerprint density at radius 3 is 2.89 bits per heavy atom. The maximum absolute atomic E-state index is 13.8. The van der Waals surface area contributed by atoms with Gasteiger partial charge in [-0.1, -0.05) is 0 Å². The Bertz CT molecular complexity index is 596. The number of anilines is 1. The Kier molecular flexibility index (Phi) is 3.74. The van der Waals surface area contributed by atoms with Crippen molar-refractivity contribution in [2.75, 3.05) is 12.4 Å². The molecule has 2 aromatic heterocycles. The Morgan fingerprint density at radius 1 is 1.47 bits per heavy atom. The van der Waals surface area contributed by atoms with Gasteiger partial charge in [0.05, 0.1) is 17.8 Å². The molecule has 0 atom stereocenters. The van der Waals surface area contributed by atoms with Gasteiger partial charge in [0.2, 0.25) is 0 Å². The monoisotopic (exact) mass is 263 g/mol. The summed E-state index contributed by atoms with van der Waals surface area (Å²) in [6, 6.07) is 3.12. The molecule has 6 nitrogen and oxygen atoms in total. The van der Waals surface area contributed by atoms with Crippen molar-refractivity contribution in [1.82, 2.24) is 20.1 Å². The summed E-state index contributed by atoms with van der Waals surface area (Å²) in [7, 11) is 3.33. The molecule has 2 aromatic rings. The van der Waals surface area contributed by atoms with Crippen LogP contribution >= 0.6 is 0 Å². The molecular weight excluding hydrogens is 249 g/mol. The fourth-order valence-electron chi connectivity index (χ4n) is 1.62. The van der Waals surface area contributed by atoms with Crippen molar-refractivity contribution < 1.29 is 9.18 Å². The minimum Gasteiger partial charge on any atom is -0.371 e. The number of halogens is 1. The first-order valence-electron chi connectivity index (χ1n) is 5.71. The van der Waals surface area contributed by atoms with Crippen LogP contribution in [0.2, 0.25) is 0 Å². The summed E-state index contributed by atoms with van der Waals surface area (Å²) in [6.07, 6.45) is 3.15. The highest BCUT2D eigenvalue weighted by molar-refractivity contribution is 5.95. The maximum Gasteiger partial charge on any atom is 0.254 e. The second-order valence-corrected chi connectivity index (χ2v) is 3.93. The SMILES string of the molecule is CNc1nccc(C(=O)NCc2ccn(C)n2)c1F. The van der Waals surface area contributed by atoms with Gasteiger partial charge < -0.3 is 10.6 Å². The van der Waals surface area contributed by atoms with Gasteiger partial charge in [-0.15, -0.1) is 0 Å². The zero-order valence-corrected chi connectivity index (χ0v) is 10.6. The highest BCUT2D eigenvalue weighted by atomic mass is 19.1. The van der Waals surface area contributed by atoms with E-state index in [0.717, 1.165) is 0 Å². The molecule has 0 spiro atoms. The number of amides is 1. The van der Waals surface area contributed by atoms with E-state index in [1.54, 1.807) is 31.0 Å². The molecular formula is C12H14FN5O. The number of nitrogens with zero attached hydrogens (tertiary/aromatic N) is 3. The van der Waals surface area contributed by atoms with Crippen LogP contribution in [0, 0.1) is 5.82 Å². The van der Waals surface area contributed by atoms with Crippen LogP contribution in [0.3, 0.4) is 0 Å². The van der Waals surface area contributed by atoms with Crippen LogP contribution in [-0.4, -0.2) is 27.7 Å². The fraction of sp³-hybridized carbons (Fsp3) is 0.250. The Hall–Kier alpha value is -2.44. The van der Waals surface area contributed by atoms with Crippen molar-refractivity contribution in [2.45, 2.75) is 6.54 Å². The molecule has 0 aliphatic carbocycles. The lowest BCUT2D eigenvalue weighted by atomic mass is 10.2. The quantitative estimate of drug-likeness (QED) is 0.860. The summed E-state index contributed by atoms with van der Waals surface area (Å²) in [5.41, 5.74) is 0.662. The molecule has 0 aromatic carbocycles.